The maximum absolute atomic E-state index is 12.0. The topological polar surface area (TPSA) is 95.6 Å². The second-order valence-electron chi connectivity index (χ2n) is 6.73. The molecule has 0 aliphatic carbocycles. The van der Waals surface area contributed by atoms with E-state index in [0.717, 1.165) is 5.69 Å². The number of anilines is 1. The number of hydrogen-bond donors (Lipinski definition) is 2. The van der Waals surface area contributed by atoms with Gasteiger partial charge in [-0.1, -0.05) is 26.0 Å². The molecular formula is C17H25N3O4S. The molecule has 1 atom stereocenters. The quantitative estimate of drug-likeness (QED) is 0.817. The van der Waals surface area contributed by atoms with Gasteiger partial charge in [-0.3, -0.25) is 10.1 Å². The first-order valence-corrected chi connectivity index (χ1v) is 10.1. The Bertz CT molecular complexity index is 746. The van der Waals surface area contributed by atoms with Crippen molar-refractivity contribution in [2.75, 3.05) is 30.0 Å². The number of nitrogens with one attached hydrogen (secondary N) is 2. The molecule has 1 fully saturated rings. The fourth-order valence-corrected chi connectivity index (χ4v) is 4.40. The lowest BCUT2D eigenvalue weighted by atomic mass is 10.0. The van der Waals surface area contributed by atoms with Crippen molar-refractivity contribution in [3.63, 3.8) is 0 Å². The summed E-state index contributed by atoms with van der Waals surface area (Å²) in [4.78, 5) is 25.6. The van der Waals surface area contributed by atoms with E-state index in [2.05, 4.69) is 24.5 Å². The lowest BCUT2D eigenvalue weighted by Gasteiger charge is -2.20. The van der Waals surface area contributed by atoms with Crippen molar-refractivity contribution >= 4 is 27.5 Å². The zero-order valence-electron chi connectivity index (χ0n) is 14.8. The van der Waals surface area contributed by atoms with Crippen molar-refractivity contribution in [2.45, 2.75) is 32.2 Å². The number of likely N-dealkylation sites (N-methyl/N-ethyl adjacent to an activating group) is 1. The first kappa shape index (κ1) is 19.2. The molecule has 0 radical (unpaired) electrons. The van der Waals surface area contributed by atoms with Crippen molar-refractivity contribution < 1.29 is 18.0 Å². The molecule has 0 saturated carbocycles. The Labute approximate surface area is 148 Å². The van der Waals surface area contributed by atoms with Gasteiger partial charge in [0.1, 0.15) is 0 Å². The van der Waals surface area contributed by atoms with Gasteiger partial charge in [-0.15, -0.1) is 0 Å². The SMILES string of the molecule is CC(C)c1cccc(N(C)CC(=O)NC(=O)N[C@H]2CCS(=O)(=O)C2)c1. The number of benzene rings is 1. The molecule has 1 saturated heterocycles. The van der Waals surface area contributed by atoms with E-state index in [9.17, 15) is 18.0 Å². The van der Waals surface area contributed by atoms with Crippen LogP contribution in [0.5, 0.6) is 0 Å². The zero-order chi connectivity index (χ0) is 18.6. The number of hydrogen-bond acceptors (Lipinski definition) is 5. The van der Waals surface area contributed by atoms with Gasteiger partial charge in [0.2, 0.25) is 5.91 Å². The van der Waals surface area contributed by atoms with Crippen LogP contribution in [-0.4, -0.2) is 51.5 Å². The fraction of sp³-hybridized carbons (Fsp3) is 0.529. The molecule has 1 aromatic carbocycles. The number of nitrogens with zero attached hydrogens (tertiary/aromatic N) is 1. The minimum absolute atomic E-state index is 0.0257. The van der Waals surface area contributed by atoms with E-state index in [1.807, 2.05) is 24.3 Å². The molecule has 2 N–H and O–H groups in total. The van der Waals surface area contributed by atoms with Crippen LogP contribution < -0.4 is 15.5 Å². The summed E-state index contributed by atoms with van der Waals surface area (Å²) in [6, 6.07) is 6.80. The maximum Gasteiger partial charge on any atom is 0.321 e. The molecule has 138 valence electrons. The smallest absolute Gasteiger partial charge is 0.321 e. The largest absolute Gasteiger partial charge is 0.365 e. The molecule has 1 aromatic rings. The van der Waals surface area contributed by atoms with E-state index in [1.54, 1.807) is 11.9 Å². The van der Waals surface area contributed by atoms with E-state index in [4.69, 9.17) is 0 Å². The molecule has 0 unspecified atom stereocenters. The molecule has 8 heteroatoms. The van der Waals surface area contributed by atoms with Gasteiger partial charge < -0.3 is 10.2 Å². The predicted octanol–water partition coefficient (Wildman–Crippen LogP) is 1.26. The lowest BCUT2D eigenvalue weighted by molar-refractivity contribution is -0.118. The van der Waals surface area contributed by atoms with Gasteiger partial charge in [-0.2, -0.15) is 0 Å². The van der Waals surface area contributed by atoms with Crippen molar-refractivity contribution in [1.29, 1.82) is 0 Å². The van der Waals surface area contributed by atoms with Gasteiger partial charge in [0.25, 0.3) is 0 Å². The number of carbonyl (C=O) groups is 2. The summed E-state index contributed by atoms with van der Waals surface area (Å²) >= 11 is 0. The summed E-state index contributed by atoms with van der Waals surface area (Å²) in [6.07, 6.45) is 0.381. The van der Waals surface area contributed by atoms with Gasteiger partial charge in [-0.05, 0) is 30.0 Å². The van der Waals surface area contributed by atoms with E-state index < -0.39 is 27.8 Å². The lowest BCUT2D eigenvalue weighted by Crippen LogP contribution is -2.47. The van der Waals surface area contributed by atoms with Crippen LogP contribution in [0.2, 0.25) is 0 Å². The molecule has 0 aromatic heterocycles. The molecule has 1 heterocycles. The van der Waals surface area contributed by atoms with Crippen molar-refractivity contribution in [2.24, 2.45) is 0 Å². The summed E-state index contributed by atoms with van der Waals surface area (Å²) in [6.45, 7) is 4.22. The molecule has 3 amide bonds. The summed E-state index contributed by atoms with van der Waals surface area (Å²) in [5.74, 6) is -0.0661. The predicted molar refractivity (Wildman–Crippen MR) is 97.5 cm³/mol. The third-order valence-electron chi connectivity index (χ3n) is 4.18. The summed E-state index contributed by atoms with van der Waals surface area (Å²) in [5, 5.41) is 4.78. The standard InChI is InChI=1S/C17H25N3O4S/c1-12(2)13-5-4-6-15(9-13)20(3)10-16(21)19-17(22)18-14-7-8-25(23,24)11-14/h4-6,9,12,14H,7-8,10-11H2,1-3H3,(H2,18,19,21,22)/t14-/m0/s1. The highest BCUT2D eigenvalue weighted by molar-refractivity contribution is 7.91. The first-order valence-electron chi connectivity index (χ1n) is 8.28. The molecule has 1 aliphatic heterocycles. The fourth-order valence-electron chi connectivity index (χ4n) is 2.72. The van der Waals surface area contributed by atoms with E-state index in [1.165, 1.54) is 5.56 Å². The number of imide groups is 1. The number of rotatable bonds is 5. The highest BCUT2D eigenvalue weighted by atomic mass is 32.2. The average Bonchev–Trinajstić information content (AvgIpc) is 2.85. The van der Waals surface area contributed by atoms with Crippen LogP contribution in [-0.2, 0) is 14.6 Å². The summed E-state index contributed by atoms with van der Waals surface area (Å²) < 4.78 is 22.8. The minimum atomic E-state index is -3.07. The minimum Gasteiger partial charge on any atom is -0.365 e. The molecule has 2 rings (SSSR count). The van der Waals surface area contributed by atoms with Gasteiger partial charge in [0.15, 0.2) is 9.84 Å². The molecule has 0 spiro atoms. The maximum atomic E-state index is 12.0. The highest BCUT2D eigenvalue weighted by Gasteiger charge is 2.29. The van der Waals surface area contributed by atoms with Gasteiger partial charge in [-0.25, -0.2) is 13.2 Å². The Kier molecular flexibility index (Phi) is 6.05. The monoisotopic (exact) mass is 367 g/mol. The second-order valence-corrected chi connectivity index (χ2v) is 8.96. The van der Waals surface area contributed by atoms with Crippen LogP contribution in [0.25, 0.3) is 0 Å². The Morgan fingerprint density at radius 3 is 2.64 bits per heavy atom. The Balaban J connectivity index is 1.85. The van der Waals surface area contributed by atoms with Crippen LogP contribution >= 0.6 is 0 Å². The second kappa shape index (κ2) is 7.86. The van der Waals surface area contributed by atoms with Crippen LogP contribution in [0.4, 0.5) is 10.5 Å². The first-order chi connectivity index (χ1) is 11.7. The average molecular weight is 367 g/mol. The number of sulfone groups is 1. The third-order valence-corrected chi connectivity index (χ3v) is 5.95. The summed E-state index contributed by atoms with van der Waals surface area (Å²) in [5.41, 5.74) is 2.06. The van der Waals surface area contributed by atoms with Crippen LogP contribution in [0.3, 0.4) is 0 Å². The van der Waals surface area contributed by atoms with E-state index in [0.29, 0.717) is 12.3 Å². The molecule has 0 bridgehead atoms. The zero-order valence-corrected chi connectivity index (χ0v) is 15.6. The van der Waals surface area contributed by atoms with Crippen LogP contribution in [0, 0.1) is 0 Å². The van der Waals surface area contributed by atoms with Crippen molar-refractivity contribution in [1.82, 2.24) is 10.6 Å². The van der Waals surface area contributed by atoms with E-state index in [-0.39, 0.29) is 18.1 Å². The summed E-state index contributed by atoms with van der Waals surface area (Å²) in [7, 11) is -1.29. The Morgan fingerprint density at radius 1 is 1.32 bits per heavy atom. The molecule has 7 nitrogen and oxygen atoms in total. The third kappa shape index (κ3) is 5.74. The Hall–Kier alpha value is -2.09. The van der Waals surface area contributed by atoms with Crippen molar-refractivity contribution in [3.05, 3.63) is 29.8 Å². The Morgan fingerprint density at radius 2 is 2.04 bits per heavy atom. The van der Waals surface area contributed by atoms with Gasteiger partial charge in [0.05, 0.1) is 18.1 Å². The number of amides is 3. The van der Waals surface area contributed by atoms with Crippen LogP contribution in [0.1, 0.15) is 31.7 Å². The highest BCUT2D eigenvalue weighted by Crippen LogP contribution is 2.20. The van der Waals surface area contributed by atoms with E-state index >= 15 is 0 Å². The molecular weight excluding hydrogens is 342 g/mol. The van der Waals surface area contributed by atoms with Crippen LogP contribution in [0.15, 0.2) is 24.3 Å². The van der Waals surface area contributed by atoms with Gasteiger partial charge >= 0.3 is 6.03 Å². The molecule has 1 aliphatic rings. The van der Waals surface area contributed by atoms with Gasteiger partial charge in [0, 0.05) is 18.8 Å². The normalized spacial score (nSPS) is 18.8. The van der Waals surface area contributed by atoms with Crippen molar-refractivity contribution in [3.8, 4) is 0 Å². The number of urea groups is 1. The molecule has 25 heavy (non-hydrogen) atoms. The number of carbonyl (C=O) groups excluding carboxylic acids is 2.